The summed E-state index contributed by atoms with van der Waals surface area (Å²) in [6.45, 7) is 0. The first kappa shape index (κ1) is 10.1. The fraction of sp³-hybridized carbons (Fsp3) is 0.0909. The second-order valence-corrected chi connectivity index (χ2v) is 2.70. The second-order valence-electron chi connectivity index (χ2n) is 2.70. The van der Waals surface area contributed by atoms with Crippen LogP contribution >= 0.6 is 0 Å². The fourth-order valence-electron chi connectivity index (χ4n) is 1.05. The fourth-order valence-corrected chi connectivity index (χ4v) is 1.05. The van der Waals surface area contributed by atoms with Gasteiger partial charge in [-0.15, -0.1) is 0 Å². The van der Waals surface area contributed by atoms with Gasteiger partial charge in [-0.25, -0.2) is 4.39 Å². The Morgan fingerprint density at radius 1 is 1.36 bits per heavy atom. The predicted molar refractivity (Wildman–Crippen MR) is 51.1 cm³/mol. The van der Waals surface area contributed by atoms with Crippen LogP contribution in [0.25, 0.3) is 6.08 Å². The van der Waals surface area contributed by atoms with Gasteiger partial charge in [0.1, 0.15) is 12.1 Å². The van der Waals surface area contributed by atoms with E-state index < -0.39 is 5.82 Å². The summed E-state index contributed by atoms with van der Waals surface area (Å²) in [4.78, 5) is 10.4. The largest absolute Gasteiger partial charge is 0.298 e. The molecular weight excluding hydrogens is 181 g/mol. The highest BCUT2D eigenvalue weighted by Gasteiger charge is 1.96. The highest BCUT2D eigenvalue weighted by atomic mass is 19.1. The van der Waals surface area contributed by atoms with E-state index in [4.69, 9.17) is 5.26 Å². The maximum Gasteiger partial charge on any atom is 0.150 e. The summed E-state index contributed by atoms with van der Waals surface area (Å²) >= 11 is 0. The molecule has 0 aliphatic heterocycles. The van der Waals surface area contributed by atoms with Crippen molar-refractivity contribution in [3.05, 3.63) is 41.2 Å². The molecule has 0 N–H and O–H groups in total. The minimum Gasteiger partial charge on any atom is -0.298 e. The van der Waals surface area contributed by atoms with Crippen LogP contribution in [0.2, 0.25) is 0 Å². The average Bonchev–Trinajstić information content (AvgIpc) is 2.17. The van der Waals surface area contributed by atoms with Gasteiger partial charge in [-0.3, -0.25) is 4.79 Å². The maximum absolute atomic E-state index is 12.9. The van der Waals surface area contributed by atoms with Gasteiger partial charge in [-0.05, 0) is 23.8 Å². The van der Waals surface area contributed by atoms with Gasteiger partial charge < -0.3 is 0 Å². The van der Waals surface area contributed by atoms with Crippen molar-refractivity contribution >= 4 is 12.4 Å². The lowest BCUT2D eigenvalue weighted by molar-refractivity contribution is 0.112. The van der Waals surface area contributed by atoms with E-state index in [2.05, 4.69) is 0 Å². The number of carbonyl (C=O) groups is 1. The summed E-state index contributed by atoms with van der Waals surface area (Å²) in [5.74, 6) is -0.453. The first-order chi connectivity index (χ1) is 6.76. The number of allylic oxidation sites excluding steroid dienone is 1. The lowest BCUT2D eigenvalue weighted by Crippen LogP contribution is -1.84. The first-order valence-electron chi connectivity index (χ1n) is 4.05. The van der Waals surface area contributed by atoms with Crippen LogP contribution < -0.4 is 0 Å². The molecule has 1 aromatic carbocycles. The smallest absolute Gasteiger partial charge is 0.150 e. The summed E-state index contributed by atoms with van der Waals surface area (Å²) in [6.07, 6.45) is 4.08. The van der Waals surface area contributed by atoms with Gasteiger partial charge >= 0.3 is 0 Å². The van der Waals surface area contributed by atoms with Crippen molar-refractivity contribution < 1.29 is 9.18 Å². The minimum atomic E-state index is -0.453. The number of carbonyl (C=O) groups excluding carboxylic acids is 1. The van der Waals surface area contributed by atoms with Crippen LogP contribution in [0.1, 0.15) is 22.3 Å². The van der Waals surface area contributed by atoms with Crippen molar-refractivity contribution in [2.75, 3.05) is 0 Å². The van der Waals surface area contributed by atoms with E-state index in [0.717, 1.165) is 6.07 Å². The van der Waals surface area contributed by atoms with E-state index in [1.54, 1.807) is 18.2 Å². The van der Waals surface area contributed by atoms with Crippen LogP contribution in [0, 0.1) is 17.1 Å². The molecular formula is C11H8FNO. The Balaban J connectivity index is 2.93. The van der Waals surface area contributed by atoms with Gasteiger partial charge in [0.2, 0.25) is 0 Å². The molecule has 1 rings (SSSR count). The molecule has 0 atom stereocenters. The third-order valence-electron chi connectivity index (χ3n) is 1.60. The number of benzene rings is 1. The minimum absolute atomic E-state index is 0.271. The van der Waals surface area contributed by atoms with Gasteiger partial charge in [0, 0.05) is 5.56 Å². The normalized spacial score (nSPS) is 10.0. The van der Waals surface area contributed by atoms with Crippen LogP contribution in [-0.4, -0.2) is 6.29 Å². The highest BCUT2D eigenvalue weighted by molar-refractivity contribution is 5.76. The van der Waals surface area contributed by atoms with E-state index in [-0.39, 0.29) is 6.42 Å². The van der Waals surface area contributed by atoms with Gasteiger partial charge in [0.15, 0.2) is 0 Å². The molecule has 1 aromatic rings. The average molecular weight is 189 g/mol. The van der Waals surface area contributed by atoms with Crippen molar-refractivity contribution in [3.63, 3.8) is 0 Å². The molecule has 0 heterocycles. The number of hydrogen-bond acceptors (Lipinski definition) is 2. The van der Waals surface area contributed by atoms with Gasteiger partial charge in [-0.1, -0.05) is 12.2 Å². The zero-order valence-corrected chi connectivity index (χ0v) is 7.40. The van der Waals surface area contributed by atoms with Gasteiger partial charge in [0.25, 0.3) is 0 Å². The molecule has 0 saturated heterocycles. The number of nitriles is 1. The lowest BCUT2D eigenvalue weighted by atomic mass is 10.1. The summed E-state index contributed by atoms with van der Waals surface area (Å²) in [5, 5.41) is 8.27. The monoisotopic (exact) mass is 189 g/mol. The Bertz CT molecular complexity index is 404. The molecule has 14 heavy (non-hydrogen) atoms. The number of hydrogen-bond donors (Lipinski definition) is 0. The molecule has 70 valence electrons. The van der Waals surface area contributed by atoms with Crippen LogP contribution in [0.15, 0.2) is 24.3 Å². The summed E-state index contributed by atoms with van der Waals surface area (Å²) in [6, 6.07) is 5.96. The Morgan fingerprint density at radius 3 is 2.71 bits per heavy atom. The summed E-state index contributed by atoms with van der Waals surface area (Å²) in [7, 11) is 0. The quantitative estimate of drug-likeness (QED) is 0.685. The molecule has 2 nitrogen and oxygen atoms in total. The SMILES string of the molecule is N#CCC=Cc1cc(F)cc(C=O)c1. The summed E-state index contributed by atoms with van der Waals surface area (Å²) in [5.41, 5.74) is 0.879. The molecule has 0 aromatic heterocycles. The van der Waals surface area contributed by atoms with Gasteiger partial charge in [-0.2, -0.15) is 5.26 Å². The summed E-state index contributed by atoms with van der Waals surface area (Å²) < 4.78 is 12.9. The number of halogens is 1. The standard InChI is InChI=1S/C11H8FNO/c12-11-6-9(3-1-2-4-13)5-10(7-11)8-14/h1,3,5-8H,2H2. The zero-order valence-electron chi connectivity index (χ0n) is 7.40. The molecule has 0 spiro atoms. The topological polar surface area (TPSA) is 40.9 Å². The predicted octanol–water partition coefficient (Wildman–Crippen LogP) is 2.57. The van der Waals surface area contributed by atoms with Crippen molar-refractivity contribution in [3.8, 4) is 6.07 Å². The molecule has 0 saturated carbocycles. The van der Waals surface area contributed by atoms with Crippen LogP contribution in [-0.2, 0) is 0 Å². The Labute approximate surface area is 81.3 Å². The molecule has 0 amide bonds. The molecule has 3 heteroatoms. The van der Waals surface area contributed by atoms with Crippen LogP contribution in [0.3, 0.4) is 0 Å². The van der Waals surface area contributed by atoms with Crippen molar-refractivity contribution in [1.82, 2.24) is 0 Å². The number of rotatable bonds is 3. The van der Waals surface area contributed by atoms with E-state index in [9.17, 15) is 9.18 Å². The van der Waals surface area contributed by atoms with E-state index >= 15 is 0 Å². The third-order valence-corrected chi connectivity index (χ3v) is 1.60. The Kier molecular flexibility index (Phi) is 3.57. The molecule has 0 aliphatic rings. The van der Waals surface area contributed by atoms with E-state index in [1.807, 2.05) is 6.07 Å². The van der Waals surface area contributed by atoms with Crippen molar-refractivity contribution in [2.45, 2.75) is 6.42 Å². The van der Waals surface area contributed by atoms with E-state index in [0.29, 0.717) is 17.4 Å². The Hall–Kier alpha value is -1.95. The van der Waals surface area contributed by atoms with Crippen molar-refractivity contribution in [1.29, 1.82) is 5.26 Å². The third kappa shape index (κ3) is 2.83. The molecule has 0 aliphatic carbocycles. The number of nitrogens with zero attached hydrogens (tertiary/aromatic N) is 1. The Morgan fingerprint density at radius 2 is 2.07 bits per heavy atom. The van der Waals surface area contributed by atoms with Crippen molar-refractivity contribution in [2.24, 2.45) is 0 Å². The molecule has 0 radical (unpaired) electrons. The second kappa shape index (κ2) is 4.93. The molecule has 0 bridgehead atoms. The zero-order chi connectivity index (χ0) is 10.4. The van der Waals surface area contributed by atoms with Crippen LogP contribution in [0.5, 0.6) is 0 Å². The van der Waals surface area contributed by atoms with E-state index in [1.165, 1.54) is 6.07 Å². The maximum atomic E-state index is 12.9. The molecule has 0 fully saturated rings. The molecule has 0 unspecified atom stereocenters. The first-order valence-corrected chi connectivity index (χ1v) is 4.05. The van der Waals surface area contributed by atoms with Gasteiger partial charge in [0.05, 0.1) is 12.5 Å². The number of aldehydes is 1. The lowest BCUT2D eigenvalue weighted by Gasteiger charge is -1.95. The van der Waals surface area contributed by atoms with Crippen LogP contribution in [0.4, 0.5) is 4.39 Å². The highest BCUT2D eigenvalue weighted by Crippen LogP contribution is 2.09.